The van der Waals surface area contributed by atoms with Crippen LogP contribution in [0, 0.1) is 0 Å². The molecule has 156 valence electrons. The van der Waals surface area contributed by atoms with Crippen molar-refractivity contribution in [1.29, 1.82) is 0 Å². The van der Waals surface area contributed by atoms with Crippen molar-refractivity contribution in [3.63, 3.8) is 0 Å². The first-order valence-corrected chi connectivity index (χ1v) is 9.54. The molecular formula is C24H20N2O5. The Kier molecular flexibility index (Phi) is 6.90. The molecule has 0 unspecified atom stereocenters. The second-order valence-corrected chi connectivity index (χ2v) is 6.36. The monoisotopic (exact) mass is 416 g/mol. The van der Waals surface area contributed by atoms with Crippen molar-refractivity contribution in [3.8, 4) is 0 Å². The number of esters is 1. The maximum Gasteiger partial charge on any atom is 0.345 e. The lowest BCUT2D eigenvalue weighted by Gasteiger charge is -2.13. The molecule has 0 saturated heterocycles. The molecular weight excluding hydrogens is 396 g/mol. The highest BCUT2D eigenvalue weighted by Crippen LogP contribution is 2.24. The second kappa shape index (κ2) is 9.98. The van der Waals surface area contributed by atoms with Crippen LogP contribution in [0.15, 0.2) is 84.6 Å². The average Bonchev–Trinajstić information content (AvgIpc) is 2.80. The Bertz CT molecular complexity index is 1120. The predicted octanol–water partition coefficient (Wildman–Crippen LogP) is 4.05. The smallest absolute Gasteiger partial charge is 0.345 e. The Hall–Kier alpha value is -4.26. The van der Waals surface area contributed by atoms with Crippen molar-refractivity contribution in [1.82, 2.24) is 4.98 Å². The molecule has 0 radical (unpaired) electrons. The van der Waals surface area contributed by atoms with Gasteiger partial charge >= 0.3 is 5.97 Å². The number of benzene rings is 2. The maximum absolute atomic E-state index is 13.3. The van der Waals surface area contributed by atoms with Crippen LogP contribution in [0.4, 0.5) is 5.82 Å². The predicted molar refractivity (Wildman–Crippen MR) is 116 cm³/mol. The molecule has 1 amide bonds. The third-order valence-corrected chi connectivity index (χ3v) is 4.31. The van der Waals surface area contributed by atoms with E-state index in [4.69, 9.17) is 4.74 Å². The van der Waals surface area contributed by atoms with Crippen molar-refractivity contribution in [3.05, 3.63) is 101 Å². The number of ketones is 1. The first-order valence-electron chi connectivity index (χ1n) is 9.54. The largest absolute Gasteiger partial charge is 0.506 e. The summed E-state index contributed by atoms with van der Waals surface area (Å²) in [6.45, 7) is 1.61. The number of aliphatic hydroxyl groups excluding tert-OH is 1. The lowest BCUT2D eigenvalue weighted by atomic mass is 9.99. The van der Waals surface area contributed by atoms with E-state index in [1.54, 1.807) is 67.6 Å². The summed E-state index contributed by atoms with van der Waals surface area (Å²) in [6.07, 6.45) is 1.40. The summed E-state index contributed by atoms with van der Waals surface area (Å²) in [6, 6.07) is 19.5. The van der Waals surface area contributed by atoms with E-state index in [0.717, 1.165) is 0 Å². The zero-order valence-electron chi connectivity index (χ0n) is 16.7. The van der Waals surface area contributed by atoms with Crippen molar-refractivity contribution < 1.29 is 24.2 Å². The number of ether oxygens (including phenoxy) is 1. The van der Waals surface area contributed by atoms with E-state index in [0.29, 0.717) is 5.56 Å². The van der Waals surface area contributed by atoms with E-state index in [-0.39, 0.29) is 23.6 Å². The molecule has 0 spiro atoms. The van der Waals surface area contributed by atoms with E-state index >= 15 is 0 Å². The van der Waals surface area contributed by atoms with Gasteiger partial charge in [0.2, 0.25) is 5.78 Å². The molecule has 3 rings (SSSR count). The molecule has 1 aromatic heterocycles. The summed E-state index contributed by atoms with van der Waals surface area (Å²) < 4.78 is 4.99. The number of rotatable bonds is 7. The van der Waals surface area contributed by atoms with E-state index in [2.05, 4.69) is 10.3 Å². The molecule has 2 aromatic carbocycles. The molecule has 0 bridgehead atoms. The number of carbonyl (C=O) groups is 3. The van der Waals surface area contributed by atoms with E-state index < -0.39 is 29.0 Å². The minimum Gasteiger partial charge on any atom is -0.506 e. The van der Waals surface area contributed by atoms with E-state index in [9.17, 15) is 19.5 Å². The number of anilines is 1. The topological polar surface area (TPSA) is 106 Å². The van der Waals surface area contributed by atoms with Crippen LogP contribution in [-0.2, 0) is 9.53 Å². The molecule has 0 aliphatic heterocycles. The fraction of sp³-hybridized carbons (Fsp3) is 0.0833. The van der Waals surface area contributed by atoms with Gasteiger partial charge in [-0.2, -0.15) is 0 Å². The van der Waals surface area contributed by atoms with Gasteiger partial charge in [-0.25, -0.2) is 9.78 Å². The minimum atomic E-state index is -0.974. The molecule has 2 N–H and O–H groups in total. The Balaban J connectivity index is 2.03. The molecule has 0 atom stereocenters. The van der Waals surface area contributed by atoms with Gasteiger partial charge in [0.15, 0.2) is 0 Å². The molecule has 0 aliphatic carbocycles. The third-order valence-electron chi connectivity index (χ3n) is 4.31. The van der Waals surface area contributed by atoms with Gasteiger partial charge in [-0.05, 0) is 31.2 Å². The molecule has 0 aliphatic rings. The molecule has 31 heavy (non-hydrogen) atoms. The molecule has 0 fully saturated rings. The number of hydrogen-bond acceptors (Lipinski definition) is 6. The molecule has 3 aromatic rings. The average molecular weight is 416 g/mol. The zero-order chi connectivity index (χ0) is 22.2. The van der Waals surface area contributed by atoms with Crippen LogP contribution in [0.1, 0.15) is 33.2 Å². The van der Waals surface area contributed by atoms with Crippen LogP contribution in [0.5, 0.6) is 0 Å². The number of pyridine rings is 1. The molecule has 7 heteroatoms. The first kappa shape index (κ1) is 21.4. The van der Waals surface area contributed by atoms with Crippen LogP contribution >= 0.6 is 0 Å². The van der Waals surface area contributed by atoms with E-state index in [1.165, 1.54) is 18.3 Å². The quantitative estimate of drug-likeness (QED) is 0.150. The summed E-state index contributed by atoms with van der Waals surface area (Å²) in [5.41, 5.74) is 0.0473. The highest BCUT2D eigenvalue weighted by atomic mass is 16.5. The zero-order valence-corrected chi connectivity index (χ0v) is 16.7. The first-order chi connectivity index (χ1) is 15.0. The van der Waals surface area contributed by atoms with Crippen LogP contribution in [0.2, 0.25) is 0 Å². The number of aliphatic hydroxyl groups is 1. The van der Waals surface area contributed by atoms with Gasteiger partial charge in [-0.1, -0.05) is 48.5 Å². The number of nitrogens with one attached hydrogen (secondary N) is 1. The highest BCUT2D eigenvalue weighted by molar-refractivity contribution is 6.29. The normalized spacial score (nSPS) is 11.3. The van der Waals surface area contributed by atoms with Gasteiger partial charge < -0.3 is 15.2 Å². The Morgan fingerprint density at radius 3 is 2.13 bits per heavy atom. The van der Waals surface area contributed by atoms with Crippen LogP contribution in [0.3, 0.4) is 0 Å². The molecule has 1 heterocycles. The van der Waals surface area contributed by atoms with Crippen LogP contribution in [-0.4, -0.2) is 34.4 Å². The number of nitrogens with zero attached hydrogens (tertiary/aromatic N) is 1. The number of aromatic nitrogens is 1. The van der Waals surface area contributed by atoms with Gasteiger partial charge in [0.05, 0.1) is 12.2 Å². The van der Waals surface area contributed by atoms with Crippen molar-refractivity contribution in [2.75, 3.05) is 11.9 Å². The van der Waals surface area contributed by atoms with Gasteiger partial charge in [0.25, 0.3) is 5.91 Å². The number of carbonyl (C=O) groups excluding carboxylic acids is 3. The molecule has 7 nitrogen and oxygen atoms in total. The van der Waals surface area contributed by atoms with Gasteiger partial charge in [-0.15, -0.1) is 0 Å². The van der Waals surface area contributed by atoms with Gasteiger partial charge in [0, 0.05) is 17.3 Å². The Morgan fingerprint density at radius 1 is 0.903 bits per heavy atom. The fourth-order valence-corrected chi connectivity index (χ4v) is 2.83. The van der Waals surface area contributed by atoms with Crippen LogP contribution < -0.4 is 5.32 Å². The fourth-order valence-electron chi connectivity index (χ4n) is 2.83. The second-order valence-electron chi connectivity index (χ2n) is 6.36. The van der Waals surface area contributed by atoms with E-state index in [1.807, 2.05) is 0 Å². The molecule has 0 saturated carbocycles. The van der Waals surface area contributed by atoms with Gasteiger partial charge in [0.1, 0.15) is 17.2 Å². The lowest BCUT2D eigenvalue weighted by molar-refractivity contribution is -0.138. The number of hydrogen-bond donors (Lipinski definition) is 2. The van der Waals surface area contributed by atoms with Crippen LogP contribution in [0.25, 0.3) is 5.76 Å². The Labute approximate surface area is 179 Å². The third kappa shape index (κ3) is 5.02. The summed E-state index contributed by atoms with van der Waals surface area (Å²) in [5, 5.41) is 13.3. The number of Topliss-reactive ketones (excluding diaryl/α,β-unsaturated/α-hetero) is 1. The highest BCUT2D eigenvalue weighted by Gasteiger charge is 2.29. The standard InChI is InChI=1S/C24H20N2O5/c1-2-31-24(30)19(20(27)16-10-5-3-6-11-16)21(28)18-14-9-15-25-22(18)26-23(29)17-12-7-4-8-13-17/h3-15,27H,2H2,1H3,(H,25,26,29)/b20-19+. The van der Waals surface area contributed by atoms with Gasteiger partial charge in [-0.3, -0.25) is 9.59 Å². The number of amides is 1. The lowest BCUT2D eigenvalue weighted by Crippen LogP contribution is -2.21. The summed E-state index contributed by atoms with van der Waals surface area (Å²) in [5.74, 6) is -2.83. The summed E-state index contributed by atoms with van der Waals surface area (Å²) in [4.78, 5) is 42.5. The SMILES string of the molecule is CCOC(=O)/C(C(=O)c1cccnc1NC(=O)c1ccccc1)=C(/O)c1ccccc1. The Morgan fingerprint density at radius 2 is 1.52 bits per heavy atom. The summed E-state index contributed by atoms with van der Waals surface area (Å²) in [7, 11) is 0. The van der Waals surface area contributed by atoms with Crippen molar-refractivity contribution >= 4 is 29.2 Å². The summed E-state index contributed by atoms with van der Waals surface area (Å²) >= 11 is 0. The van der Waals surface area contributed by atoms with Crippen molar-refractivity contribution in [2.24, 2.45) is 0 Å². The minimum absolute atomic E-state index is 0.0162. The maximum atomic E-state index is 13.3. The van der Waals surface area contributed by atoms with Crippen molar-refractivity contribution in [2.45, 2.75) is 6.92 Å².